The number of nitrogens with two attached hydrogens (primary N) is 3. The molecule has 11 atom stereocenters. The number of rotatable bonds is 41. The Morgan fingerprint density at radius 2 is 0.957 bits per heavy atom. The maximum Gasteiger partial charge on any atom is 0.327 e. The third-order valence-electron chi connectivity index (χ3n) is 14.3. The van der Waals surface area contributed by atoms with Crippen LogP contribution in [0.4, 0.5) is 0 Å². The van der Waals surface area contributed by atoms with Crippen LogP contribution in [0.15, 0.2) is 54.6 Å². The molecule has 0 saturated carbocycles. The molecule has 1 aliphatic rings. The number of amides is 12. The van der Waals surface area contributed by atoms with Crippen molar-refractivity contribution in [3.63, 3.8) is 0 Å². The van der Waals surface area contributed by atoms with Crippen LogP contribution in [0.3, 0.4) is 0 Å². The first-order valence-corrected chi connectivity index (χ1v) is 30.1. The van der Waals surface area contributed by atoms with Crippen molar-refractivity contribution in [3.8, 4) is 5.75 Å². The second-order valence-corrected chi connectivity index (χ2v) is 22.7. The average molecular weight is 1340 g/mol. The number of nitrogens with zero attached hydrogens (tertiary/aromatic N) is 1. The van der Waals surface area contributed by atoms with Gasteiger partial charge < -0.3 is 101 Å². The van der Waals surface area contributed by atoms with Gasteiger partial charge in [0.25, 0.3) is 0 Å². The number of aliphatic hydroxyl groups excluding tert-OH is 1. The molecule has 3 rings (SSSR count). The van der Waals surface area contributed by atoms with Crippen molar-refractivity contribution in [2.45, 2.75) is 164 Å². The Balaban J connectivity index is 1.99. The molecule has 36 heteroatoms. The first-order valence-electron chi connectivity index (χ1n) is 29.5. The predicted molar refractivity (Wildman–Crippen MR) is 328 cm³/mol. The van der Waals surface area contributed by atoms with E-state index in [0.29, 0.717) is 5.56 Å². The highest BCUT2D eigenvalue weighted by atomic mass is 32.1. The number of primary amides is 2. The van der Waals surface area contributed by atoms with Crippen molar-refractivity contribution >= 4 is 107 Å². The Kier molecular flexibility index (Phi) is 32.3. The number of carboxylic acids is 4. The molecule has 1 fully saturated rings. The fourth-order valence-electron chi connectivity index (χ4n) is 9.46. The second-order valence-electron chi connectivity index (χ2n) is 22.4. The number of hydrogen-bond acceptors (Lipinski definition) is 20. The topological polar surface area (TPSA) is 584 Å². The van der Waals surface area contributed by atoms with E-state index in [1.165, 1.54) is 24.3 Å². The molecule has 12 amide bonds. The Morgan fingerprint density at radius 1 is 0.511 bits per heavy atom. The minimum atomic E-state index is -2.03. The Bertz CT molecular complexity index is 3070. The summed E-state index contributed by atoms with van der Waals surface area (Å²) < 4.78 is 0. The third kappa shape index (κ3) is 27.1. The van der Waals surface area contributed by atoms with E-state index in [-0.39, 0.29) is 61.6 Å². The van der Waals surface area contributed by atoms with Gasteiger partial charge in [-0.1, -0.05) is 56.3 Å². The molecule has 516 valence electrons. The number of carboxylic acid groups (broad SMARTS) is 4. The molecule has 2 aromatic carbocycles. The SMILES string of the molecule is CC(C)C[C@H](NC(=O)[C@H](CC(=O)O)NC(=O)[C@H](CCC(=O)O)NC(=O)[C@H](Cc1ccc(O)cc1)NC(=O)[C@H](Cc1ccccc1)NC(=O)[C@H](CCC(N)=O)NC(=O)[C@H](CO)NC(=O)[C@@H]1CCCN1C(=O)[C@H](CC(N)=O)NC(=O)[C@@H](N)CCC(=O)O)C(=O)N[C@@H](CS)C(=O)O. The number of carbonyl (C=O) groups excluding carboxylic acids is 12. The standard InChI is InChI=1S/C58H81N13O22S/c1-28(2)21-35(51(85)70-41(27-94)58(92)93)64-54(88)38(25-47(80)81)67-50(84)34(16-19-46(78)79)62-52(86)37(23-30-10-12-31(73)13-11-30)66-53(87)36(22-29-7-4-3-5-8-29)65-49(83)33(15-17-43(60)74)63-55(89)40(26-72)69-56(90)42-9-6-20-71(42)57(91)39(24-44(61)75)68-48(82)32(59)14-18-45(76)77/h3-5,7-8,10-13,28,32-42,72-73,94H,6,9,14-27,59H2,1-2H3,(H2,60,74)(H2,61,75)(H,62,86)(H,63,89)(H,64,88)(H,65,83)(H,66,87)(H,67,84)(H,68,82)(H,69,90)(H,70,85)(H,76,77)(H,78,79)(H,80,81)(H,92,93)/t32-,33-,34-,35-,36-,37-,38-,39-,40-,41-,42-/m0/s1. The molecule has 1 heterocycles. The summed E-state index contributed by atoms with van der Waals surface area (Å²) in [4.78, 5) is 211. The Hall–Kier alpha value is -9.97. The van der Waals surface area contributed by atoms with Crippen LogP contribution in [0.2, 0.25) is 0 Å². The minimum absolute atomic E-state index is 0.0460. The number of aromatic hydroxyl groups is 1. The molecule has 1 aliphatic heterocycles. The number of phenols is 1. The Labute approximate surface area is 543 Å². The van der Waals surface area contributed by atoms with Gasteiger partial charge in [0, 0.05) is 44.4 Å². The second kappa shape index (κ2) is 38.8. The lowest BCUT2D eigenvalue weighted by atomic mass is 10.0. The summed E-state index contributed by atoms with van der Waals surface area (Å²) in [5.41, 5.74) is 17.2. The summed E-state index contributed by atoms with van der Waals surface area (Å²) >= 11 is 3.92. The van der Waals surface area contributed by atoms with Crippen molar-refractivity contribution in [1.29, 1.82) is 0 Å². The van der Waals surface area contributed by atoms with Crippen LogP contribution in [0.25, 0.3) is 0 Å². The smallest absolute Gasteiger partial charge is 0.327 e. The van der Waals surface area contributed by atoms with Crippen LogP contribution in [0.5, 0.6) is 5.75 Å². The summed E-state index contributed by atoms with van der Waals surface area (Å²) in [5.74, 6) is -20.3. The van der Waals surface area contributed by atoms with Gasteiger partial charge in [0.05, 0.1) is 25.5 Å². The lowest BCUT2D eigenvalue weighted by Crippen LogP contribution is -2.61. The lowest BCUT2D eigenvalue weighted by Gasteiger charge is -2.30. The lowest BCUT2D eigenvalue weighted by molar-refractivity contribution is -0.143. The number of likely N-dealkylation sites (tertiary alicyclic amines) is 1. The molecule has 0 aliphatic carbocycles. The van der Waals surface area contributed by atoms with Crippen LogP contribution in [-0.4, -0.2) is 216 Å². The Morgan fingerprint density at radius 3 is 1.45 bits per heavy atom. The third-order valence-corrected chi connectivity index (χ3v) is 14.7. The zero-order chi connectivity index (χ0) is 70.5. The van der Waals surface area contributed by atoms with Crippen molar-refractivity contribution in [2.24, 2.45) is 23.1 Å². The number of thiol groups is 1. The molecular formula is C58H81N13O22S. The molecule has 1 saturated heterocycles. The molecule has 21 N–H and O–H groups in total. The monoisotopic (exact) mass is 1340 g/mol. The van der Waals surface area contributed by atoms with Gasteiger partial charge in [-0.3, -0.25) is 71.9 Å². The van der Waals surface area contributed by atoms with E-state index in [2.05, 4.69) is 60.5 Å². The van der Waals surface area contributed by atoms with E-state index in [0.717, 1.165) is 4.90 Å². The fraction of sp³-hybridized carbons (Fsp3) is 0.517. The van der Waals surface area contributed by atoms with Gasteiger partial charge in [0.1, 0.15) is 66.2 Å². The molecule has 0 aromatic heterocycles. The maximum atomic E-state index is 14.7. The van der Waals surface area contributed by atoms with Crippen LogP contribution >= 0.6 is 12.6 Å². The summed E-state index contributed by atoms with van der Waals surface area (Å²) in [6.45, 7) is 2.03. The summed E-state index contributed by atoms with van der Waals surface area (Å²) in [6, 6.07) is -5.70. The average Bonchev–Trinajstić information content (AvgIpc) is 1.59. The van der Waals surface area contributed by atoms with Gasteiger partial charge in [-0.2, -0.15) is 12.6 Å². The zero-order valence-electron chi connectivity index (χ0n) is 51.3. The number of carbonyl (C=O) groups is 16. The highest BCUT2D eigenvalue weighted by molar-refractivity contribution is 7.80. The highest BCUT2D eigenvalue weighted by Gasteiger charge is 2.41. The van der Waals surface area contributed by atoms with E-state index < -0.39 is 219 Å². The number of aliphatic hydroxyl groups is 1. The van der Waals surface area contributed by atoms with Gasteiger partial charge >= 0.3 is 23.9 Å². The number of nitrogens with one attached hydrogen (secondary N) is 9. The molecule has 0 bridgehead atoms. The molecule has 35 nitrogen and oxygen atoms in total. The minimum Gasteiger partial charge on any atom is -0.508 e. The van der Waals surface area contributed by atoms with Gasteiger partial charge in [-0.25, -0.2) is 4.79 Å². The van der Waals surface area contributed by atoms with Crippen molar-refractivity contribution in [2.75, 3.05) is 18.9 Å². The van der Waals surface area contributed by atoms with E-state index in [9.17, 15) is 102 Å². The van der Waals surface area contributed by atoms with Crippen LogP contribution in [-0.2, 0) is 89.6 Å². The fourth-order valence-corrected chi connectivity index (χ4v) is 9.71. The number of aliphatic carboxylic acids is 4. The van der Waals surface area contributed by atoms with E-state index >= 15 is 0 Å². The number of benzene rings is 2. The summed E-state index contributed by atoms with van der Waals surface area (Å²) in [6.07, 6.45) is -6.33. The van der Waals surface area contributed by atoms with E-state index in [4.69, 9.17) is 22.3 Å². The van der Waals surface area contributed by atoms with Gasteiger partial charge in [0.2, 0.25) is 70.9 Å². The molecular weight excluding hydrogens is 1260 g/mol. The largest absolute Gasteiger partial charge is 0.508 e. The van der Waals surface area contributed by atoms with E-state index in [1.54, 1.807) is 44.2 Å². The number of hydrogen-bond donors (Lipinski definition) is 19. The van der Waals surface area contributed by atoms with Gasteiger partial charge in [-0.05, 0) is 67.7 Å². The van der Waals surface area contributed by atoms with Crippen LogP contribution in [0, 0.1) is 5.92 Å². The van der Waals surface area contributed by atoms with Gasteiger partial charge in [-0.15, -0.1) is 0 Å². The summed E-state index contributed by atoms with van der Waals surface area (Å²) in [5, 5.41) is 79.3. The van der Waals surface area contributed by atoms with Gasteiger partial charge in [0.15, 0.2) is 0 Å². The molecule has 94 heavy (non-hydrogen) atoms. The van der Waals surface area contributed by atoms with Crippen molar-refractivity contribution < 1.29 is 107 Å². The molecule has 0 spiro atoms. The van der Waals surface area contributed by atoms with Crippen molar-refractivity contribution in [3.05, 3.63) is 65.7 Å². The normalized spacial score (nSPS) is 15.8. The highest BCUT2D eigenvalue weighted by Crippen LogP contribution is 2.21. The molecule has 0 radical (unpaired) electrons. The maximum absolute atomic E-state index is 14.7. The first kappa shape index (κ1) is 78.3. The zero-order valence-corrected chi connectivity index (χ0v) is 52.2. The molecule has 0 unspecified atom stereocenters. The number of phenolic OH excluding ortho intramolecular Hbond substituents is 1. The van der Waals surface area contributed by atoms with Crippen LogP contribution in [0.1, 0.15) is 95.6 Å². The quantitative estimate of drug-likeness (QED) is 0.0276. The predicted octanol–water partition coefficient (Wildman–Crippen LogP) is -5.74. The first-order chi connectivity index (χ1) is 44.2. The van der Waals surface area contributed by atoms with E-state index in [1.807, 2.05) is 0 Å². The van der Waals surface area contributed by atoms with Crippen LogP contribution < -0.4 is 65.1 Å². The van der Waals surface area contributed by atoms with Crippen molar-refractivity contribution in [1.82, 2.24) is 52.8 Å². The molecule has 2 aromatic rings. The summed E-state index contributed by atoms with van der Waals surface area (Å²) in [7, 11) is 0.